The molecule has 0 aliphatic heterocycles. The third-order valence-corrected chi connectivity index (χ3v) is 5.24. The number of fused-ring (bicyclic) bond motifs is 1. The molecular weight excluding hydrogens is 362 g/mol. The lowest BCUT2D eigenvalue weighted by atomic mass is 10.1. The summed E-state index contributed by atoms with van der Waals surface area (Å²) in [6, 6.07) is 22.1. The Bertz CT molecular complexity index is 1110. The molecule has 0 bridgehead atoms. The molecule has 4 rings (SSSR count). The molecule has 0 radical (unpaired) electrons. The van der Waals surface area contributed by atoms with Gasteiger partial charge < -0.3 is 14.0 Å². The Kier molecular flexibility index (Phi) is 5.47. The van der Waals surface area contributed by atoms with E-state index in [4.69, 9.17) is 4.52 Å². The minimum absolute atomic E-state index is 0.0468. The lowest BCUT2D eigenvalue weighted by molar-refractivity contribution is 0.0783. The maximum Gasteiger partial charge on any atom is 0.270 e. The zero-order valence-electron chi connectivity index (χ0n) is 16.8. The zero-order valence-corrected chi connectivity index (χ0v) is 16.8. The van der Waals surface area contributed by atoms with E-state index in [1.807, 2.05) is 67.7 Å². The van der Waals surface area contributed by atoms with Gasteiger partial charge in [0.2, 0.25) is 0 Å². The highest BCUT2D eigenvalue weighted by atomic mass is 16.5. The van der Waals surface area contributed by atoms with Gasteiger partial charge in [-0.1, -0.05) is 53.7 Å². The zero-order chi connectivity index (χ0) is 20.2. The van der Waals surface area contributed by atoms with Crippen LogP contribution in [0, 0.1) is 0 Å². The molecule has 5 nitrogen and oxygen atoms in total. The summed E-state index contributed by atoms with van der Waals surface area (Å²) in [5.74, 6) is 0.887. The number of nitrogens with zero attached hydrogens (tertiary/aromatic N) is 3. The molecule has 5 heteroatoms. The lowest BCUT2D eigenvalue weighted by Gasteiger charge is -2.18. The summed E-state index contributed by atoms with van der Waals surface area (Å²) in [6.07, 6.45) is 1.56. The minimum atomic E-state index is 0.0468. The van der Waals surface area contributed by atoms with Gasteiger partial charge in [0.25, 0.3) is 5.91 Å². The van der Waals surface area contributed by atoms with Crippen molar-refractivity contribution in [1.82, 2.24) is 14.6 Å². The van der Waals surface area contributed by atoms with Gasteiger partial charge in [-0.3, -0.25) is 4.79 Å². The largest absolute Gasteiger partial charge is 0.361 e. The Morgan fingerprint density at radius 1 is 1.07 bits per heavy atom. The van der Waals surface area contributed by atoms with Crippen LogP contribution in [-0.2, 0) is 13.0 Å². The Balaban J connectivity index is 1.38. The second kappa shape index (κ2) is 8.35. The molecule has 1 amide bonds. The molecule has 148 valence electrons. The van der Waals surface area contributed by atoms with Gasteiger partial charge in [0, 0.05) is 49.1 Å². The number of aromatic nitrogens is 2. The SMILES string of the molecule is CCn1c(C(=O)N(C)CCCc2cc(-c3ccccc3)no2)cc2ccccc21. The number of para-hydroxylation sites is 1. The molecule has 2 heterocycles. The van der Waals surface area contributed by atoms with Crippen molar-refractivity contribution in [2.75, 3.05) is 13.6 Å². The second-order valence-corrected chi connectivity index (χ2v) is 7.21. The maximum atomic E-state index is 13.0. The van der Waals surface area contributed by atoms with E-state index < -0.39 is 0 Å². The van der Waals surface area contributed by atoms with Crippen molar-refractivity contribution in [3.05, 3.63) is 78.2 Å². The van der Waals surface area contributed by atoms with Crippen molar-refractivity contribution < 1.29 is 9.32 Å². The van der Waals surface area contributed by atoms with Gasteiger partial charge in [-0.2, -0.15) is 0 Å². The van der Waals surface area contributed by atoms with E-state index in [2.05, 4.69) is 22.7 Å². The first-order valence-electron chi connectivity index (χ1n) is 10.0. The molecule has 2 aromatic heterocycles. The Morgan fingerprint density at radius 3 is 2.62 bits per heavy atom. The maximum absolute atomic E-state index is 13.0. The summed E-state index contributed by atoms with van der Waals surface area (Å²) in [5.41, 5.74) is 3.73. The molecule has 0 unspecified atom stereocenters. The van der Waals surface area contributed by atoms with Crippen LogP contribution in [-0.4, -0.2) is 34.1 Å². The molecule has 0 spiro atoms. The van der Waals surface area contributed by atoms with E-state index in [0.29, 0.717) is 6.54 Å². The summed E-state index contributed by atoms with van der Waals surface area (Å²) in [5, 5.41) is 5.25. The summed E-state index contributed by atoms with van der Waals surface area (Å²) in [4.78, 5) is 14.8. The van der Waals surface area contributed by atoms with Gasteiger partial charge in [0.1, 0.15) is 17.1 Å². The number of carbonyl (C=O) groups is 1. The van der Waals surface area contributed by atoms with Crippen LogP contribution in [0.25, 0.3) is 22.2 Å². The van der Waals surface area contributed by atoms with Gasteiger partial charge in [0.15, 0.2) is 0 Å². The third-order valence-electron chi connectivity index (χ3n) is 5.24. The molecule has 2 aromatic carbocycles. The molecule has 0 saturated carbocycles. The van der Waals surface area contributed by atoms with E-state index in [-0.39, 0.29) is 5.91 Å². The Morgan fingerprint density at radius 2 is 1.83 bits per heavy atom. The van der Waals surface area contributed by atoms with Crippen molar-refractivity contribution in [3.8, 4) is 11.3 Å². The topological polar surface area (TPSA) is 51.3 Å². The normalized spacial score (nSPS) is 11.1. The number of amides is 1. The van der Waals surface area contributed by atoms with Crippen LogP contribution in [0.5, 0.6) is 0 Å². The van der Waals surface area contributed by atoms with Crippen LogP contribution in [0.3, 0.4) is 0 Å². The number of carbonyl (C=O) groups excluding carboxylic acids is 1. The average molecular weight is 387 g/mol. The van der Waals surface area contributed by atoms with Gasteiger partial charge in [-0.25, -0.2) is 0 Å². The molecule has 0 atom stereocenters. The van der Waals surface area contributed by atoms with Crippen LogP contribution >= 0.6 is 0 Å². The van der Waals surface area contributed by atoms with Crippen molar-refractivity contribution in [1.29, 1.82) is 0 Å². The van der Waals surface area contributed by atoms with Crippen molar-refractivity contribution in [3.63, 3.8) is 0 Å². The molecule has 0 aliphatic rings. The van der Waals surface area contributed by atoms with Gasteiger partial charge in [-0.15, -0.1) is 0 Å². The fraction of sp³-hybridized carbons (Fsp3) is 0.250. The number of aryl methyl sites for hydroxylation is 2. The molecule has 0 saturated heterocycles. The highest BCUT2D eigenvalue weighted by Gasteiger charge is 2.18. The fourth-order valence-electron chi connectivity index (χ4n) is 3.69. The van der Waals surface area contributed by atoms with Crippen LogP contribution in [0.1, 0.15) is 29.6 Å². The fourth-order valence-corrected chi connectivity index (χ4v) is 3.69. The molecular formula is C24H25N3O2. The van der Waals surface area contributed by atoms with Crippen LogP contribution < -0.4 is 0 Å². The predicted octanol–water partition coefficient (Wildman–Crippen LogP) is 5.02. The summed E-state index contributed by atoms with van der Waals surface area (Å²) >= 11 is 0. The highest BCUT2D eigenvalue weighted by Crippen LogP contribution is 2.22. The van der Waals surface area contributed by atoms with Crippen molar-refractivity contribution in [2.45, 2.75) is 26.3 Å². The van der Waals surface area contributed by atoms with Crippen LogP contribution in [0.2, 0.25) is 0 Å². The number of rotatable bonds is 7. The number of hydrogen-bond acceptors (Lipinski definition) is 3. The number of hydrogen-bond donors (Lipinski definition) is 0. The molecule has 4 aromatic rings. The second-order valence-electron chi connectivity index (χ2n) is 7.21. The van der Waals surface area contributed by atoms with E-state index >= 15 is 0 Å². The van der Waals surface area contributed by atoms with Gasteiger partial charge in [0.05, 0.1) is 0 Å². The Hall–Kier alpha value is -3.34. The van der Waals surface area contributed by atoms with E-state index in [9.17, 15) is 4.79 Å². The molecule has 0 N–H and O–H groups in total. The van der Waals surface area contributed by atoms with E-state index in [1.165, 1.54) is 0 Å². The molecule has 0 fully saturated rings. The molecule has 29 heavy (non-hydrogen) atoms. The molecule has 0 aliphatic carbocycles. The van der Waals surface area contributed by atoms with Crippen molar-refractivity contribution in [2.24, 2.45) is 0 Å². The van der Waals surface area contributed by atoms with E-state index in [0.717, 1.165) is 53.0 Å². The van der Waals surface area contributed by atoms with E-state index in [1.54, 1.807) is 4.90 Å². The first-order chi connectivity index (χ1) is 14.2. The third kappa shape index (κ3) is 3.94. The average Bonchev–Trinajstić information content (AvgIpc) is 3.38. The minimum Gasteiger partial charge on any atom is -0.361 e. The van der Waals surface area contributed by atoms with Crippen LogP contribution in [0.4, 0.5) is 0 Å². The predicted molar refractivity (Wildman–Crippen MR) is 115 cm³/mol. The summed E-state index contributed by atoms with van der Waals surface area (Å²) in [6.45, 7) is 3.49. The van der Waals surface area contributed by atoms with Crippen LogP contribution in [0.15, 0.2) is 71.3 Å². The quantitative estimate of drug-likeness (QED) is 0.447. The summed E-state index contributed by atoms with van der Waals surface area (Å²) in [7, 11) is 1.86. The van der Waals surface area contributed by atoms with Crippen molar-refractivity contribution >= 4 is 16.8 Å². The first-order valence-corrected chi connectivity index (χ1v) is 10.0. The highest BCUT2D eigenvalue weighted by molar-refractivity contribution is 5.98. The first kappa shape index (κ1) is 19.0. The monoisotopic (exact) mass is 387 g/mol. The van der Waals surface area contributed by atoms with Gasteiger partial charge >= 0.3 is 0 Å². The Labute approximate surface area is 170 Å². The number of benzene rings is 2. The van der Waals surface area contributed by atoms with Gasteiger partial charge in [-0.05, 0) is 25.5 Å². The summed E-state index contributed by atoms with van der Waals surface area (Å²) < 4.78 is 7.54. The lowest BCUT2D eigenvalue weighted by Crippen LogP contribution is -2.29. The standard InChI is InChI=1S/C24H25N3O2/c1-3-27-22-14-8-7-12-19(22)16-23(27)24(28)26(2)15-9-13-20-17-21(25-29-20)18-10-5-4-6-11-18/h4-8,10-12,14,16-17H,3,9,13,15H2,1-2H3. The smallest absolute Gasteiger partial charge is 0.270 e.